The van der Waals surface area contributed by atoms with Gasteiger partial charge in [-0.1, -0.05) is 212 Å². The Kier molecular flexibility index (Phi) is 40.8. The molecule has 54 heavy (non-hydrogen) atoms. The zero-order chi connectivity index (χ0) is 39.6. The second kappa shape index (κ2) is 41.6. The lowest BCUT2D eigenvalue weighted by atomic mass is 10.0. The van der Waals surface area contributed by atoms with Crippen LogP contribution in [-0.4, -0.2) is 47.8 Å². The van der Waals surface area contributed by atoms with Crippen LogP contribution in [0.5, 0.6) is 0 Å². The van der Waals surface area contributed by atoms with Crippen LogP contribution in [0.4, 0.5) is 0 Å². The quantitative estimate of drug-likeness (QED) is 0.0275. The maximum absolute atomic E-state index is 12.8. The number of aliphatic hydroxyl groups is 1. The molecule has 0 fully saturated rings. The Morgan fingerprint density at radius 2 is 0.981 bits per heavy atom. The molecule has 3 atom stereocenters. The molecule has 0 heterocycles. The number of allylic oxidation sites excluding steroid dienone is 3. The number of aliphatic hydroxyl groups excluding tert-OH is 1. The number of rotatable bonds is 43. The minimum atomic E-state index is -4.34. The van der Waals surface area contributed by atoms with Gasteiger partial charge in [-0.05, 0) is 32.1 Å². The van der Waals surface area contributed by atoms with Crippen molar-refractivity contribution in [3.8, 4) is 0 Å². The Hall–Kier alpha value is -1.02. The highest BCUT2D eigenvalue weighted by molar-refractivity contribution is 7.47. The first-order valence-electron chi connectivity index (χ1n) is 23.0. The monoisotopic (exact) mass is 785 g/mol. The Bertz CT molecular complexity index is 901. The number of hydrogen-bond acceptors (Lipinski definition) is 6. The highest BCUT2D eigenvalue weighted by Gasteiger charge is 2.26. The van der Waals surface area contributed by atoms with E-state index in [1.165, 1.54) is 167 Å². The zero-order valence-electron chi connectivity index (χ0n) is 35.5. The van der Waals surface area contributed by atoms with E-state index in [0.29, 0.717) is 6.42 Å². The summed E-state index contributed by atoms with van der Waals surface area (Å²) in [6.45, 7) is 4.14. The van der Waals surface area contributed by atoms with Gasteiger partial charge in [0.2, 0.25) is 5.91 Å². The van der Waals surface area contributed by atoms with Gasteiger partial charge in [-0.15, -0.1) is 0 Å². The van der Waals surface area contributed by atoms with Crippen molar-refractivity contribution in [2.75, 3.05) is 19.8 Å². The summed E-state index contributed by atoms with van der Waals surface area (Å²) in [6, 6.07) is -0.872. The van der Waals surface area contributed by atoms with Crippen molar-refractivity contribution in [3.63, 3.8) is 0 Å². The maximum Gasteiger partial charge on any atom is 0.472 e. The largest absolute Gasteiger partial charge is 0.472 e. The minimum Gasteiger partial charge on any atom is -0.387 e. The molecular formula is C45H89N2O6P. The fourth-order valence-corrected chi connectivity index (χ4v) is 7.56. The summed E-state index contributed by atoms with van der Waals surface area (Å²) in [6.07, 6.45) is 48.0. The third-order valence-corrected chi connectivity index (χ3v) is 11.3. The number of carbonyl (C=O) groups excluding carboxylic acids is 1. The van der Waals surface area contributed by atoms with E-state index in [1.54, 1.807) is 6.08 Å². The number of phosphoric acid groups is 1. The average Bonchev–Trinajstić information content (AvgIpc) is 3.16. The molecule has 3 unspecified atom stereocenters. The van der Waals surface area contributed by atoms with Crippen LogP contribution < -0.4 is 11.1 Å². The van der Waals surface area contributed by atoms with Gasteiger partial charge < -0.3 is 21.1 Å². The van der Waals surface area contributed by atoms with Crippen molar-refractivity contribution in [3.05, 3.63) is 24.3 Å². The van der Waals surface area contributed by atoms with Crippen LogP contribution in [0.15, 0.2) is 24.3 Å². The standard InChI is InChI=1S/C45H89N2O6P/c1-3-5-7-9-11-13-15-17-19-21-22-23-24-26-28-30-32-34-36-38-44(48)43(42-53-54(50,51)52-41-40-46)47-45(49)39-37-35-33-31-29-27-25-20-18-16-14-12-10-8-6-4-2/h28,30,36,38,43-44,48H,3-27,29,31-35,37,39-42,46H2,1-2H3,(H,47,49)(H,50,51)/b30-28+,38-36+. The van der Waals surface area contributed by atoms with Gasteiger partial charge in [0, 0.05) is 13.0 Å². The minimum absolute atomic E-state index is 0.0760. The fraction of sp³-hybridized carbons (Fsp3) is 0.889. The van der Waals surface area contributed by atoms with Crippen LogP contribution in [0.3, 0.4) is 0 Å². The van der Waals surface area contributed by atoms with Crippen molar-refractivity contribution in [1.29, 1.82) is 0 Å². The number of amides is 1. The van der Waals surface area contributed by atoms with E-state index in [4.69, 9.17) is 14.8 Å². The van der Waals surface area contributed by atoms with E-state index >= 15 is 0 Å². The van der Waals surface area contributed by atoms with E-state index in [9.17, 15) is 19.4 Å². The Morgan fingerprint density at radius 1 is 0.593 bits per heavy atom. The van der Waals surface area contributed by atoms with E-state index in [-0.39, 0.29) is 25.7 Å². The molecule has 0 aromatic carbocycles. The van der Waals surface area contributed by atoms with E-state index in [0.717, 1.165) is 38.5 Å². The second-order valence-electron chi connectivity index (χ2n) is 15.6. The molecule has 0 saturated heterocycles. The van der Waals surface area contributed by atoms with Gasteiger partial charge in [0.05, 0.1) is 25.4 Å². The predicted octanol–water partition coefficient (Wildman–Crippen LogP) is 12.9. The molecule has 0 spiro atoms. The molecule has 0 aliphatic rings. The van der Waals surface area contributed by atoms with Crippen LogP contribution in [-0.2, 0) is 18.4 Å². The molecule has 0 bridgehead atoms. The number of nitrogens with one attached hydrogen (secondary N) is 1. The van der Waals surface area contributed by atoms with Gasteiger partial charge in [-0.3, -0.25) is 13.8 Å². The van der Waals surface area contributed by atoms with Crippen molar-refractivity contribution in [2.24, 2.45) is 5.73 Å². The van der Waals surface area contributed by atoms with Crippen molar-refractivity contribution in [1.82, 2.24) is 5.32 Å². The Balaban J connectivity index is 4.21. The van der Waals surface area contributed by atoms with Gasteiger partial charge in [0.1, 0.15) is 0 Å². The third kappa shape index (κ3) is 39.2. The first-order chi connectivity index (χ1) is 26.4. The molecule has 320 valence electrons. The van der Waals surface area contributed by atoms with E-state index in [2.05, 4.69) is 31.3 Å². The number of carbonyl (C=O) groups is 1. The van der Waals surface area contributed by atoms with Gasteiger partial charge >= 0.3 is 7.82 Å². The molecule has 0 aromatic rings. The molecule has 1 amide bonds. The fourth-order valence-electron chi connectivity index (χ4n) is 6.80. The third-order valence-electron chi connectivity index (χ3n) is 10.3. The van der Waals surface area contributed by atoms with Gasteiger partial charge in [-0.2, -0.15) is 0 Å². The summed E-state index contributed by atoms with van der Waals surface area (Å²) in [5.74, 6) is -0.201. The molecule has 0 rings (SSSR count). The highest BCUT2D eigenvalue weighted by Crippen LogP contribution is 2.43. The number of unbranched alkanes of at least 4 members (excludes halogenated alkanes) is 29. The normalized spacial score (nSPS) is 14.2. The highest BCUT2D eigenvalue weighted by atomic mass is 31.2. The molecule has 8 nitrogen and oxygen atoms in total. The van der Waals surface area contributed by atoms with Crippen molar-refractivity contribution in [2.45, 2.75) is 238 Å². The maximum atomic E-state index is 12.8. The lowest BCUT2D eigenvalue weighted by Gasteiger charge is -2.23. The average molecular weight is 785 g/mol. The van der Waals surface area contributed by atoms with E-state index in [1.807, 2.05) is 6.08 Å². The van der Waals surface area contributed by atoms with E-state index < -0.39 is 20.0 Å². The lowest BCUT2D eigenvalue weighted by Crippen LogP contribution is -2.45. The molecule has 5 N–H and O–H groups in total. The second-order valence-corrected chi connectivity index (χ2v) is 17.1. The molecule has 0 aromatic heterocycles. The van der Waals surface area contributed by atoms with Gasteiger partial charge in [0.25, 0.3) is 0 Å². The molecule has 0 aliphatic carbocycles. The summed E-state index contributed by atoms with van der Waals surface area (Å²) in [4.78, 5) is 22.7. The summed E-state index contributed by atoms with van der Waals surface area (Å²) >= 11 is 0. The van der Waals surface area contributed by atoms with Crippen LogP contribution in [0.1, 0.15) is 226 Å². The van der Waals surface area contributed by atoms with Crippen molar-refractivity contribution >= 4 is 13.7 Å². The van der Waals surface area contributed by atoms with Crippen LogP contribution in [0.2, 0.25) is 0 Å². The smallest absolute Gasteiger partial charge is 0.387 e. The molecule has 0 aliphatic heterocycles. The molecule has 9 heteroatoms. The topological polar surface area (TPSA) is 131 Å². The summed E-state index contributed by atoms with van der Waals surface area (Å²) < 4.78 is 22.1. The van der Waals surface area contributed by atoms with Gasteiger partial charge in [0.15, 0.2) is 0 Å². The predicted molar refractivity (Wildman–Crippen MR) is 231 cm³/mol. The first kappa shape index (κ1) is 53.0. The molecule has 0 radical (unpaired) electrons. The van der Waals surface area contributed by atoms with Crippen LogP contribution in [0.25, 0.3) is 0 Å². The lowest BCUT2D eigenvalue weighted by molar-refractivity contribution is -0.123. The summed E-state index contributed by atoms with van der Waals surface area (Å²) in [5, 5.41) is 13.7. The summed E-state index contributed by atoms with van der Waals surface area (Å²) in [5.41, 5.74) is 5.38. The van der Waals surface area contributed by atoms with Gasteiger partial charge in [-0.25, -0.2) is 4.57 Å². The molecule has 0 saturated carbocycles. The van der Waals surface area contributed by atoms with Crippen LogP contribution >= 0.6 is 7.82 Å². The number of hydrogen-bond donors (Lipinski definition) is 4. The number of nitrogens with two attached hydrogens (primary N) is 1. The number of phosphoric ester groups is 1. The first-order valence-corrected chi connectivity index (χ1v) is 24.5. The SMILES string of the molecule is CCCCCCCCCCCCCCC/C=C/CC/C=C/C(O)C(COP(=O)(O)OCCN)NC(=O)CCCCCCCCCCCCCCCCCC. The zero-order valence-corrected chi connectivity index (χ0v) is 36.4. The van der Waals surface area contributed by atoms with Crippen LogP contribution in [0, 0.1) is 0 Å². The summed E-state index contributed by atoms with van der Waals surface area (Å²) in [7, 11) is -4.34. The molecular weight excluding hydrogens is 695 g/mol. The van der Waals surface area contributed by atoms with Crippen molar-refractivity contribution < 1.29 is 28.4 Å². The Morgan fingerprint density at radius 3 is 1.43 bits per heavy atom. The Labute approximate surface area is 334 Å².